The standard InChI is InChI=1S/C17H19N5O2/c1-10-9-15(19-13-5-7-14(24-4)8-6-13)22(21-10)17-18-12(3)11(2)16(23)20-17/h5-9,19H,1-4H3,(H,18,20,23). The Morgan fingerprint density at radius 1 is 1.17 bits per heavy atom. The normalized spacial score (nSPS) is 10.7. The third-order valence-corrected chi connectivity index (χ3v) is 3.78. The molecule has 3 aromatic rings. The van der Waals surface area contributed by atoms with E-state index in [1.54, 1.807) is 25.6 Å². The highest BCUT2D eigenvalue weighted by atomic mass is 16.5. The predicted molar refractivity (Wildman–Crippen MR) is 92.5 cm³/mol. The molecule has 7 heteroatoms. The van der Waals surface area contributed by atoms with E-state index in [0.717, 1.165) is 17.1 Å². The molecule has 0 spiro atoms. The molecule has 2 aromatic heterocycles. The molecule has 0 bridgehead atoms. The van der Waals surface area contributed by atoms with Crippen LogP contribution in [0.15, 0.2) is 35.1 Å². The molecule has 124 valence electrons. The fraction of sp³-hybridized carbons (Fsp3) is 0.235. The quantitative estimate of drug-likeness (QED) is 0.770. The second-order valence-electron chi connectivity index (χ2n) is 5.54. The summed E-state index contributed by atoms with van der Waals surface area (Å²) in [6.07, 6.45) is 0. The number of aromatic nitrogens is 4. The van der Waals surface area contributed by atoms with Gasteiger partial charge in [0.25, 0.3) is 5.56 Å². The number of rotatable bonds is 4. The smallest absolute Gasteiger partial charge is 0.255 e. The molecule has 24 heavy (non-hydrogen) atoms. The van der Waals surface area contributed by atoms with Gasteiger partial charge in [-0.1, -0.05) is 0 Å². The van der Waals surface area contributed by atoms with Crippen molar-refractivity contribution in [2.75, 3.05) is 12.4 Å². The molecule has 0 aliphatic rings. The van der Waals surface area contributed by atoms with Gasteiger partial charge in [0.05, 0.1) is 12.8 Å². The van der Waals surface area contributed by atoms with E-state index in [0.29, 0.717) is 23.0 Å². The lowest BCUT2D eigenvalue weighted by atomic mass is 10.3. The Labute approximate surface area is 139 Å². The first-order chi connectivity index (χ1) is 11.5. The van der Waals surface area contributed by atoms with Crippen molar-refractivity contribution in [3.8, 4) is 11.7 Å². The zero-order chi connectivity index (χ0) is 17.3. The summed E-state index contributed by atoms with van der Waals surface area (Å²) in [6, 6.07) is 9.43. The van der Waals surface area contributed by atoms with Crippen molar-refractivity contribution in [2.24, 2.45) is 0 Å². The van der Waals surface area contributed by atoms with Crippen LogP contribution in [0.4, 0.5) is 11.5 Å². The van der Waals surface area contributed by atoms with Gasteiger partial charge < -0.3 is 10.1 Å². The van der Waals surface area contributed by atoms with Crippen LogP contribution in [0.1, 0.15) is 17.0 Å². The molecule has 0 saturated carbocycles. The van der Waals surface area contributed by atoms with Crippen LogP contribution >= 0.6 is 0 Å². The zero-order valence-corrected chi connectivity index (χ0v) is 14.0. The molecule has 7 nitrogen and oxygen atoms in total. The van der Waals surface area contributed by atoms with E-state index in [-0.39, 0.29) is 5.56 Å². The van der Waals surface area contributed by atoms with Crippen molar-refractivity contribution in [1.82, 2.24) is 19.7 Å². The average Bonchev–Trinajstić information content (AvgIpc) is 2.93. The Kier molecular flexibility index (Phi) is 4.07. The second-order valence-corrected chi connectivity index (χ2v) is 5.54. The Morgan fingerprint density at radius 2 is 1.88 bits per heavy atom. The van der Waals surface area contributed by atoms with Gasteiger partial charge in [0.15, 0.2) is 0 Å². The molecule has 0 aliphatic carbocycles. The first kappa shape index (κ1) is 15.8. The van der Waals surface area contributed by atoms with Gasteiger partial charge in [0.2, 0.25) is 5.95 Å². The summed E-state index contributed by atoms with van der Waals surface area (Å²) in [5, 5.41) is 7.70. The molecular formula is C17H19N5O2. The Morgan fingerprint density at radius 3 is 2.50 bits per heavy atom. The molecule has 0 fully saturated rings. The minimum Gasteiger partial charge on any atom is -0.497 e. The summed E-state index contributed by atoms with van der Waals surface area (Å²) in [6.45, 7) is 5.44. The van der Waals surface area contributed by atoms with Gasteiger partial charge in [-0.05, 0) is 45.0 Å². The lowest BCUT2D eigenvalue weighted by Crippen LogP contribution is -2.18. The van der Waals surface area contributed by atoms with Gasteiger partial charge >= 0.3 is 0 Å². The topological polar surface area (TPSA) is 84.8 Å². The number of aryl methyl sites for hydroxylation is 2. The van der Waals surface area contributed by atoms with E-state index in [1.165, 1.54) is 0 Å². The number of aromatic amines is 1. The maximum atomic E-state index is 12.0. The third kappa shape index (κ3) is 3.01. The number of benzene rings is 1. The number of hydrogen-bond donors (Lipinski definition) is 2. The number of H-pyrrole nitrogens is 1. The molecule has 0 amide bonds. The number of nitrogens with one attached hydrogen (secondary N) is 2. The molecule has 0 atom stereocenters. The summed E-state index contributed by atoms with van der Waals surface area (Å²) < 4.78 is 6.75. The second kappa shape index (κ2) is 6.19. The summed E-state index contributed by atoms with van der Waals surface area (Å²) in [7, 11) is 1.63. The van der Waals surface area contributed by atoms with Gasteiger partial charge in [-0.2, -0.15) is 9.78 Å². The summed E-state index contributed by atoms with van der Waals surface area (Å²) in [4.78, 5) is 19.2. The van der Waals surface area contributed by atoms with E-state index >= 15 is 0 Å². The van der Waals surface area contributed by atoms with Crippen LogP contribution in [-0.4, -0.2) is 26.9 Å². The van der Waals surface area contributed by atoms with Crippen LogP contribution in [0.25, 0.3) is 5.95 Å². The lowest BCUT2D eigenvalue weighted by Gasteiger charge is -2.10. The van der Waals surface area contributed by atoms with Gasteiger partial charge in [-0.3, -0.25) is 9.78 Å². The molecule has 3 rings (SSSR count). The van der Waals surface area contributed by atoms with Crippen molar-refractivity contribution >= 4 is 11.5 Å². The highest BCUT2D eigenvalue weighted by Gasteiger charge is 2.12. The number of ether oxygens (including phenoxy) is 1. The van der Waals surface area contributed by atoms with Crippen molar-refractivity contribution in [2.45, 2.75) is 20.8 Å². The highest BCUT2D eigenvalue weighted by molar-refractivity contribution is 5.59. The SMILES string of the molecule is COc1ccc(Nc2cc(C)nn2-c2nc(C)c(C)c(=O)[nH]2)cc1. The van der Waals surface area contributed by atoms with Crippen LogP contribution < -0.4 is 15.6 Å². The average molecular weight is 325 g/mol. The summed E-state index contributed by atoms with van der Waals surface area (Å²) in [5.41, 5.74) is 2.81. The molecular weight excluding hydrogens is 306 g/mol. The highest BCUT2D eigenvalue weighted by Crippen LogP contribution is 2.22. The number of hydrogen-bond acceptors (Lipinski definition) is 5. The monoisotopic (exact) mass is 325 g/mol. The first-order valence-electron chi connectivity index (χ1n) is 7.53. The Hall–Kier alpha value is -3.09. The first-order valence-corrected chi connectivity index (χ1v) is 7.53. The van der Waals surface area contributed by atoms with Gasteiger partial charge in [0, 0.05) is 23.0 Å². The van der Waals surface area contributed by atoms with E-state index in [2.05, 4.69) is 20.4 Å². The molecule has 2 heterocycles. The maximum absolute atomic E-state index is 12.0. The predicted octanol–water partition coefficient (Wildman–Crippen LogP) is 2.63. The van der Waals surface area contributed by atoms with Crippen LogP contribution in [-0.2, 0) is 0 Å². The Bertz CT molecular complexity index is 925. The molecule has 0 saturated heterocycles. The van der Waals surface area contributed by atoms with Crippen LogP contribution in [0.2, 0.25) is 0 Å². The molecule has 0 aliphatic heterocycles. The largest absolute Gasteiger partial charge is 0.497 e. The molecule has 2 N–H and O–H groups in total. The lowest BCUT2D eigenvalue weighted by molar-refractivity contribution is 0.415. The van der Waals surface area contributed by atoms with Gasteiger partial charge in [-0.15, -0.1) is 0 Å². The van der Waals surface area contributed by atoms with Gasteiger partial charge in [-0.25, -0.2) is 4.98 Å². The van der Waals surface area contributed by atoms with E-state index in [1.807, 2.05) is 37.3 Å². The summed E-state index contributed by atoms with van der Waals surface area (Å²) >= 11 is 0. The van der Waals surface area contributed by atoms with E-state index in [9.17, 15) is 4.79 Å². The maximum Gasteiger partial charge on any atom is 0.255 e. The third-order valence-electron chi connectivity index (χ3n) is 3.78. The van der Waals surface area contributed by atoms with Gasteiger partial charge in [0.1, 0.15) is 11.6 Å². The van der Waals surface area contributed by atoms with Crippen LogP contribution in [0.5, 0.6) is 5.75 Å². The van der Waals surface area contributed by atoms with E-state index in [4.69, 9.17) is 4.74 Å². The van der Waals surface area contributed by atoms with Crippen LogP contribution in [0, 0.1) is 20.8 Å². The number of anilines is 2. The molecule has 0 unspecified atom stereocenters. The minimum atomic E-state index is -0.166. The number of methoxy groups -OCH3 is 1. The van der Waals surface area contributed by atoms with Crippen molar-refractivity contribution < 1.29 is 4.74 Å². The zero-order valence-electron chi connectivity index (χ0n) is 14.0. The minimum absolute atomic E-state index is 0.166. The number of nitrogens with zero attached hydrogens (tertiary/aromatic N) is 3. The van der Waals surface area contributed by atoms with Crippen molar-refractivity contribution in [3.05, 3.63) is 57.6 Å². The summed E-state index contributed by atoms with van der Waals surface area (Å²) in [5.74, 6) is 1.88. The molecule has 1 aromatic carbocycles. The molecule has 0 radical (unpaired) electrons. The van der Waals surface area contributed by atoms with Crippen molar-refractivity contribution in [3.63, 3.8) is 0 Å². The van der Waals surface area contributed by atoms with E-state index < -0.39 is 0 Å². The van der Waals surface area contributed by atoms with Crippen molar-refractivity contribution in [1.29, 1.82) is 0 Å². The van der Waals surface area contributed by atoms with Crippen LogP contribution in [0.3, 0.4) is 0 Å². The Balaban J connectivity index is 2.00. The fourth-order valence-corrected chi connectivity index (χ4v) is 2.30. The fourth-order valence-electron chi connectivity index (χ4n) is 2.30.